The maximum Gasteiger partial charge on any atom is 0.175 e. The SMILES string of the molecule is Cc1cnn(C[C@H](C)NCc2ccc(S(C)(=O)=O)cc2)c1. The van der Waals surface area contributed by atoms with Gasteiger partial charge in [-0.05, 0) is 37.1 Å². The van der Waals surface area contributed by atoms with E-state index in [1.54, 1.807) is 12.1 Å². The minimum Gasteiger partial charge on any atom is -0.308 e. The monoisotopic (exact) mass is 307 g/mol. The summed E-state index contributed by atoms with van der Waals surface area (Å²) < 4.78 is 24.7. The lowest BCUT2D eigenvalue weighted by Gasteiger charge is -2.14. The van der Waals surface area contributed by atoms with Crippen LogP contribution in [0, 0.1) is 6.92 Å². The molecule has 114 valence electrons. The Morgan fingerprint density at radius 2 is 1.95 bits per heavy atom. The Balaban J connectivity index is 1.88. The van der Waals surface area contributed by atoms with Crippen LogP contribution in [0.1, 0.15) is 18.1 Å². The Bertz CT molecular complexity index is 690. The van der Waals surface area contributed by atoms with Crippen LogP contribution in [-0.2, 0) is 22.9 Å². The molecule has 2 aromatic rings. The molecule has 0 fully saturated rings. The number of nitrogens with one attached hydrogen (secondary N) is 1. The molecular weight excluding hydrogens is 286 g/mol. The molecule has 6 heteroatoms. The van der Waals surface area contributed by atoms with Crippen LogP contribution < -0.4 is 5.32 Å². The molecule has 0 spiro atoms. The molecule has 0 aliphatic heterocycles. The summed E-state index contributed by atoms with van der Waals surface area (Å²) in [5, 5.41) is 7.66. The van der Waals surface area contributed by atoms with Gasteiger partial charge in [-0.15, -0.1) is 0 Å². The van der Waals surface area contributed by atoms with Crippen LogP contribution in [0.2, 0.25) is 0 Å². The number of benzene rings is 1. The Morgan fingerprint density at radius 1 is 1.29 bits per heavy atom. The third kappa shape index (κ3) is 4.68. The second kappa shape index (κ2) is 6.41. The lowest BCUT2D eigenvalue weighted by Crippen LogP contribution is -2.30. The van der Waals surface area contributed by atoms with Crippen LogP contribution in [0.25, 0.3) is 0 Å². The van der Waals surface area contributed by atoms with Crippen molar-refractivity contribution < 1.29 is 8.42 Å². The summed E-state index contributed by atoms with van der Waals surface area (Å²) in [6.45, 7) is 5.62. The second-order valence-corrected chi connectivity index (χ2v) is 7.45. The van der Waals surface area contributed by atoms with Crippen molar-refractivity contribution in [2.75, 3.05) is 6.26 Å². The minimum atomic E-state index is -3.12. The van der Waals surface area contributed by atoms with Crippen LogP contribution in [0.5, 0.6) is 0 Å². The fraction of sp³-hybridized carbons (Fsp3) is 0.400. The predicted octanol–water partition coefficient (Wildman–Crippen LogP) is 1.77. The molecule has 1 aromatic heterocycles. The lowest BCUT2D eigenvalue weighted by molar-refractivity contribution is 0.450. The van der Waals surface area contributed by atoms with Gasteiger partial charge in [0.15, 0.2) is 9.84 Å². The largest absolute Gasteiger partial charge is 0.308 e. The van der Waals surface area contributed by atoms with Gasteiger partial charge in [-0.3, -0.25) is 4.68 Å². The zero-order valence-corrected chi connectivity index (χ0v) is 13.4. The molecule has 0 saturated heterocycles. The first-order valence-electron chi connectivity index (χ1n) is 6.86. The Hall–Kier alpha value is -1.66. The number of sulfone groups is 1. The summed E-state index contributed by atoms with van der Waals surface area (Å²) >= 11 is 0. The summed E-state index contributed by atoms with van der Waals surface area (Å²) in [4.78, 5) is 0.353. The van der Waals surface area contributed by atoms with E-state index in [1.165, 1.54) is 6.26 Å². The lowest BCUT2D eigenvalue weighted by atomic mass is 10.2. The van der Waals surface area contributed by atoms with Crippen LogP contribution in [0.3, 0.4) is 0 Å². The van der Waals surface area contributed by atoms with Gasteiger partial charge in [-0.1, -0.05) is 12.1 Å². The van der Waals surface area contributed by atoms with Gasteiger partial charge in [0.1, 0.15) is 0 Å². The Morgan fingerprint density at radius 3 is 2.48 bits per heavy atom. The van der Waals surface area contributed by atoms with E-state index in [0.717, 1.165) is 17.7 Å². The maximum absolute atomic E-state index is 11.4. The summed E-state index contributed by atoms with van der Waals surface area (Å²) in [6, 6.07) is 7.25. The molecule has 0 amide bonds. The smallest absolute Gasteiger partial charge is 0.175 e. The van der Waals surface area contributed by atoms with Gasteiger partial charge >= 0.3 is 0 Å². The average Bonchev–Trinajstić information content (AvgIpc) is 2.81. The Kier molecular flexibility index (Phi) is 4.80. The fourth-order valence-corrected chi connectivity index (χ4v) is 2.69. The highest BCUT2D eigenvalue weighted by atomic mass is 32.2. The highest BCUT2D eigenvalue weighted by molar-refractivity contribution is 7.90. The van der Waals surface area contributed by atoms with Crippen molar-refractivity contribution in [2.24, 2.45) is 0 Å². The molecule has 0 bridgehead atoms. The van der Waals surface area contributed by atoms with E-state index in [9.17, 15) is 8.42 Å². The van der Waals surface area contributed by atoms with Crippen LogP contribution in [0.15, 0.2) is 41.6 Å². The van der Waals surface area contributed by atoms with Crippen molar-refractivity contribution in [1.29, 1.82) is 0 Å². The third-order valence-electron chi connectivity index (χ3n) is 3.23. The second-order valence-electron chi connectivity index (χ2n) is 5.44. The van der Waals surface area contributed by atoms with Gasteiger partial charge in [0.05, 0.1) is 17.6 Å². The molecule has 1 atom stereocenters. The normalized spacial score (nSPS) is 13.3. The molecule has 1 heterocycles. The zero-order valence-electron chi connectivity index (χ0n) is 12.6. The van der Waals surface area contributed by atoms with Gasteiger partial charge in [0.25, 0.3) is 0 Å². The van der Waals surface area contributed by atoms with E-state index in [2.05, 4.69) is 17.3 Å². The molecular formula is C15H21N3O2S. The van der Waals surface area contributed by atoms with E-state index in [-0.39, 0.29) is 6.04 Å². The van der Waals surface area contributed by atoms with E-state index in [0.29, 0.717) is 11.4 Å². The van der Waals surface area contributed by atoms with Crippen LogP contribution in [0.4, 0.5) is 0 Å². The van der Waals surface area contributed by atoms with Crippen LogP contribution >= 0.6 is 0 Å². The van der Waals surface area contributed by atoms with E-state index in [1.807, 2.05) is 36.1 Å². The molecule has 0 aliphatic rings. The number of hydrogen-bond donors (Lipinski definition) is 1. The molecule has 1 aromatic carbocycles. The molecule has 5 nitrogen and oxygen atoms in total. The summed E-state index contributed by atoms with van der Waals surface area (Å²) in [5.74, 6) is 0. The number of aryl methyl sites for hydroxylation is 1. The standard InChI is InChI=1S/C15H21N3O2S/c1-12-8-17-18(10-12)11-13(2)16-9-14-4-6-15(7-5-14)21(3,19)20/h4-8,10,13,16H,9,11H2,1-3H3/t13-/m0/s1. The van der Waals surface area contributed by atoms with Gasteiger partial charge in [-0.25, -0.2) is 8.42 Å². The number of aromatic nitrogens is 2. The quantitative estimate of drug-likeness (QED) is 0.883. The fourth-order valence-electron chi connectivity index (χ4n) is 2.06. The van der Waals surface area contributed by atoms with Crippen molar-refractivity contribution in [1.82, 2.24) is 15.1 Å². The summed E-state index contributed by atoms with van der Waals surface area (Å²) in [7, 11) is -3.12. The number of nitrogens with zero attached hydrogens (tertiary/aromatic N) is 2. The van der Waals surface area contributed by atoms with Gasteiger partial charge in [0, 0.05) is 25.0 Å². The molecule has 1 N–H and O–H groups in total. The average molecular weight is 307 g/mol. The summed E-state index contributed by atoms with van der Waals surface area (Å²) in [5.41, 5.74) is 2.21. The zero-order chi connectivity index (χ0) is 15.5. The van der Waals surface area contributed by atoms with Gasteiger partial charge < -0.3 is 5.32 Å². The van der Waals surface area contributed by atoms with Crippen molar-refractivity contribution in [2.45, 2.75) is 37.9 Å². The first-order valence-corrected chi connectivity index (χ1v) is 8.75. The molecule has 0 saturated carbocycles. The summed E-state index contributed by atoms with van der Waals surface area (Å²) in [6.07, 6.45) is 5.07. The first-order chi connectivity index (χ1) is 9.84. The topological polar surface area (TPSA) is 64.0 Å². The van der Waals surface area contributed by atoms with Crippen molar-refractivity contribution >= 4 is 9.84 Å². The molecule has 0 radical (unpaired) electrons. The van der Waals surface area contributed by atoms with Crippen molar-refractivity contribution in [3.05, 3.63) is 47.8 Å². The number of rotatable bonds is 6. The van der Waals surface area contributed by atoms with E-state index in [4.69, 9.17) is 0 Å². The van der Waals surface area contributed by atoms with Crippen molar-refractivity contribution in [3.8, 4) is 0 Å². The van der Waals surface area contributed by atoms with E-state index < -0.39 is 9.84 Å². The highest BCUT2D eigenvalue weighted by Crippen LogP contribution is 2.10. The molecule has 21 heavy (non-hydrogen) atoms. The van der Waals surface area contributed by atoms with Gasteiger partial charge in [0.2, 0.25) is 0 Å². The Labute approximate surface area is 125 Å². The number of hydrogen-bond acceptors (Lipinski definition) is 4. The van der Waals surface area contributed by atoms with Crippen LogP contribution in [-0.4, -0.2) is 30.5 Å². The minimum absolute atomic E-state index is 0.277. The molecule has 0 unspecified atom stereocenters. The first kappa shape index (κ1) is 15.7. The maximum atomic E-state index is 11.4. The molecule has 0 aliphatic carbocycles. The third-order valence-corrected chi connectivity index (χ3v) is 4.36. The van der Waals surface area contributed by atoms with Crippen molar-refractivity contribution in [3.63, 3.8) is 0 Å². The van der Waals surface area contributed by atoms with Gasteiger partial charge in [-0.2, -0.15) is 5.10 Å². The molecule has 2 rings (SSSR count). The highest BCUT2D eigenvalue weighted by Gasteiger charge is 2.07. The predicted molar refractivity (Wildman–Crippen MR) is 82.8 cm³/mol. The van der Waals surface area contributed by atoms with E-state index >= 15 is 0 Å².